The molecular weight excluding hydrogens is 1430 g/mol. The smallest absolute Gasteiger partial charge is 0.389 e. The van der Waals surface area contributed by atoms with Crippen LogP contribution in [0.5, 0.6) is 0 Å². The molecule has 0 saturated heterocycles. The fourth-order valence-electron chi connectivity index (χ4n) is 10.7. The largest absolute Gasteiger partial charge is 0.500 e. The number of ether oxygens (including phenoxy) is 6. The third kappa shape index (κ3) is 55.8. The summed E-state index contributed by atoms with van der Waals surface area (Å²) in [6, 6.07) is 2.41. The first-order chi connectivity index (χ1) is 49.5. The van der Waals surface area contributed by atoms with E-state index in [9.17, 15) is 30.6 Å². The number of nitrogens with one attached hydrogen (secondary N) is 4. The molecule has 38 heteroatoms. The quantitative estimate of drug-likeness (QED) is 0.0241. The van der Waals surface area contributed by atoms with Gasteiger partial charge in [0.05, 0.1) is 87.5 Å². The van der Waals surface area contributed by atoms with E-state index < -0.39 is 71.8 Å². The van der Waals surface area contributed by atoms with Crippen LogP contribution in [0.4, 0.5) is 0 Å². The van der Waals surface area contributed by atoms with E-state index in [0.717, 1.165) is 52.4 Å². The van der Waals surface area contributed by atoms with Crippen molar-refractivity contribution in [3.05, 3.63) is 0 Å². The highest BCUT2D eigenvalue weighted by molar-refractivity contribution is 6.61. The van der Waals surface area contributed by atoms with Crippen molar-refractivity contribution in [2.45, 2.75) is 139 Å². The lowest BCUT2D eigenvalue weighted by Crippen LogP contribution is -2.47. The number of aliphatic hydroxyl groups excluding tert-OH is 6. The number of nitrogens with zero attached hydrogens (tertiary/aromatic N) is 4. The fraction of sp³-hybridized carbons (Fsp3) is 1.00. The van der Waals surface area contributed by atoms with Crippen molar-refractivity contribution in [3.8, 4) is 0 Å². The van der Waals surface area contributed by atoms with Crippen LogP contribution in [0, 0.1) is 0 Å². The van der Waals surface area contributed by atoms with Crippen LogP contribution in [0.15, 0.2) is 0 Å². The minimum Gasteiger partial charge on any atom is -0.389 e. The van der Waals surface area contributed by atoms with Crippen LogP contribution >= 0.6 is 0 Å². The van der Waals surface area contributed by atoms with Crippen LogP contribution in [0.1, 0.15) is 67.2 Å². The molecule has 0 aliphatic heterocycles. The molecule has 0 aliphatic carbocycles. The van der Waals surface area contributed by atoms with Gasteiger partial charge >= 0.3 is 35.2 Å². The molecule has 0 amide bonds. The first kappa shape index (κ1) is 106. The van der Waals surface area contributed by atoms with Gasteiger partial charge in [-0.3, -0.25) is 19.6 Å². The zero-order valence-corrected chi connectivity index (χ0v) is 71.7. The molecule has 104 heavy (non-hydrogen) atoms. The van der Waals surface area contributed by atoms with Crippen molar-refractivity contribution in [1.29, 1.82) is 0 Å². The standard InChI is InChI=1S/2C33H77N5O12Si2/c1-33(2,3)50-29-32(41)24-37(17-12-34)18-15-35-13-14-36-16-19-38(25-30(39)27-48-20-10-22-51(42-4,43-5)44-6)26-31(40)28-49-21-11-23-52(45-7,46-8)47-9;1-33(2,3)50-29-32(41)24-37(17-16-36-15-14-35-13-12-34)18-19-38(25-30(39)27-48-20-10-22-51(42-4,43-5)44-6)26-31(40)28-49-21-11-23-52(45-7,46-8)47-9/h2*30-32,35-36,39-41H,10-29,34H2,1-9H3. The van der Waals surface area contributed by atoms with Crippen LogP contribution < -0.4 is 32.7 Å². The predicted octanol–water partition coefficient (Wildman–Crippen LogP) is -1.61. The maximum absolute atomic E-state index is 11.0. The van der Waals surface area contributed by atoms with Gasteiger partial charge in [0.1, 0.15) is 0 Å². The molecule has 34 nitrogen and oxygen atoms in total. The summed E-state index contributed by atoms with van der Waals surface area (Å²) in [5.41, 5.74) is 10.7. The SMILES string of the molecule is CO[Si](CCCOCC(O)CN(CCN(CCNCCNCCN)CC(O)COC(C)(C)C)CC(O)COCCC[Si](OC)(OC)OC)(OC)OC.CO[Si](CCCOCC(O)CN(CCNCCNCCN(CCN)CC(O)COC(C)(C)C)CC(O)COCCC[Si](OC)(OC)OC)(OC)OC. The van der Waals surface area contributed by atoms with Crippen molar-refractivity contribution in [2.24, 2.45) is 11.5 Å². The zero-order valence-electron chi connectivity index (χ0n) is 67.7. The van der Waals surface area contributed by atoms with Gasteiger partial charge in [0.2, 0.25) is 0 Å². The maximum Gasteiger partial charge on any atom is 0.500 e. The van der Waals surface area contributed by atoms with Gasteiger partial charge in [-0.15, -0.1) is 0 Å². The third-order valence-electron chi connectivity index (χ3n) is 16.6. The van der Waals surface area contributed by atoms with Crippen LogP contribution in [0.3, 0.4) is 0 Å². The fourth-order valence-corrected chi connectivity index (χ4v) is 17.5. The van der Waals surface area contributed by atoms with Crippen molar-refractivity contribution in [1.82, 2.24) is 40.9 Å². The lowest BCUT2D eigenvalue weighted by atomic mass is 10.2. The van der Waals surface area contributed by atoms with Gasteiger partial charge in [-0.2, -0.15) is 0 Å². The number of rotatable bonds is 74. The van der Waals surface area contributed by atoms with E-state index in [0.29, 0.717) is 155 Å². The number of nitrogens with two attached hydrogens (primary N) is 2. The van der Waals surface area contributed by atoms with Crippen LogP contribution in [-0.4, -0.2) is 429 Å². The minimum absolute atomic E-state index is 0.128. The normalized spacial score (nSPS) is 14.8. The highest BCUT2D eigenvalue weighted by Crippen LogP contribution is 2.19. The summed E-state index contributed by atoms with van der Waals surface area (Å²) in [5, 5.41) is 78.3. The van der Waals surface area contributed by atoms with E-state index in [-0.39, 0.29) is 63.9 Å². The Bertz CT molecular complexity index is 1790. The second-order valence-electron chi connectivity index (χ2n) is 27.4. The number of hydrogen-bond acceptors (Lipinski definition) is 34. The molecule has 0 aliphatic rings. The second kappa shape index (κ2) is 65.0. The Morgan fingerprint density at radius 3 is 0.760 bits per heavy atom. The average Bonchev–Trinajstić information content (AvgIpc) is 0.920. The van der Waals surface area contributed by atoms with E-state index in [2.05, 4.69) is 31.1 Å². The Balaban J connectivity index is 0. The average molecular weight is 1580 g/mol. The van der Waals surface area contributed by atoms with Gasteiger partial charge in [-0.25, -0.2) is 0 Å². The molecule has 0 rings (SSSR count). The summed E-state index contributed by atoms with van der Waals surface area (Å²) in [6.45, 7) is 27.8. The number of hydrogen-bond donors (Lipinski definition) is 12. The number of aliphatic hydroxyl groups is 6. The minimum atomic E-state index is -2.69. The first-order valence-corrected chi connectivity index (χ1v) is 44.7. The Labute approximate surface area is 631 Å². The molecule has 0 aromatic heterocycles. The molecule has 0 aromatic carbocycles. The van der Waals surface area contributed by atoms with Crippen molar-refractivity contribution >= 4 is 35.2 Å². The van der Waals surface area contributed by atoms with Crippen LogP contribution in [-0.2, 0) is 81.5 Å². The molecule has 6 unspecified atom stereocenters. The summed E-state index contributed by atoms with van der Waals surface area (Å²) >= 11 is 0. The monoisotopic (exact) mass is 1580 g/mol. The summed E-state index contributed by atoms with van der Waals surface area (Å²) in [6.07, 6.45) is -1.65. The molecule has 0 radical (unpaired) electrons. The molecule has 0 heterocycles. The van der Waals surface area contributed by atoms with Gasteiger partial charge in [-0.1, -0.05) is 0 Å². The van der Waals surface area contributed by atoms with Gasteiger partial charge < -0.3 is 145 Å². The second-order valence-corrected chi connectivity index (χ2v) is 39.7. The van der Waals surface area contributed by atoms with Crippen molar-refractivity contribution in [3.63, 3.8) is 0 Å². The molecule has 0 bridgehead atoms. The molecule has 0 aromatic rings. The molecule has 0 fully saturated rings. The highest BCUT2D eigenvalue weighted by Gasteiger charge is 2.40. The van der Waals surface area contributed by atoms with E-state index in [4.69, 9.17) is 93.0 Å². The lowest BCUT2D eigenvalue weighted by molar-refractivity contribution is -0.0570. The Hall–Kier alpha value is -0.492. The molecule has 628 valence electrons. The van der Waals surface area contributed by atoms with E-state index in [1.165, 1.54) is 0 Å². The topological polar surface area (TPSA) is 401 Å². The van der Waals surface area contributed by atoms with Gasteiger partial charge in [0.25, 0.3) is 0 Å². The Morgan fingerprint density at radius 1 is 0.288 bits per heavy atom. The summed E-state index contributed by atoms with van der Waals surface area (Å²) in [7, 11) is 8.25. The van der Waals surface area contributed by atoms with E-state index >= 15 is 0 Å². The first-order valence-electron chi connectivity index (χ1n) is 36.9. The molecular formula is C66H154N10O24Si4. The zero-order chi connectivity index (χ0) is 78.6. The summed E-state index contributed by atoms with van der Waals surface area (Å²) in [4.78, 5) is 8.33. The molecule has 0 spiro atoms. The Kier molecular flexibility index (Phi) is 65.9. The highest BCUT2D eigenvalue weighted by atomic mass is 28.4. The third-order valence-corrected chi connectivity index (χ3v) is 27.9. The van der Waals surface area contributed by atoms with E-state index in [1.54, 1.807) is 85.3 Å². The summed E-state index contributed by atoms with van der Waals surface area (Å²) in [5.74, 6) is 0. The van der Waals surface area contributed by atoms with Crippen LogP contribution in [0.2, 0.25) is 24.2 Å². The molecule has 14 N–H and O–H groups in total. The Morgan fingerprint density at radius 2 is 0.510 bits per heavy atom. The van der Waals surface area contributed by atoms with E-state index in [1.807, 2.05) is 51.3 Å². The molecule has 0 saturated carbocycles. The van der Waals surface area contributed by atoms with Crippen LogP contribution in [0.25, 0.3) is 0 Å². The predicted molar refractivity (Wildman–Crippen MR) is 411 cm³/mol. The summed E-state index contributed by atoms with van der Waals surface area (Å²) < 4.78 is 100. The van der Waals surface area contributed by atoms with Gasteiger partial charge in [-0.05, 0) is 67.2 Å². The van der Waals surface area contributed by atoms with Gasteiger partial charge in [0.15, 0.2) is 0 Å². The molecule has 6 atom stereocenters. The van der Waals surface area contributed by atoms with Crippen molar-refractivity contribution < 1.29 is 112 Å². The lowest BCUT2D eigenvalue weighted by Gasteiger charge is -2.32. The van der Waals surface area contributed by atoms with Crippen molar-refractivity contribution in [2.75, 3.05) is 295 Å². The van der Waals surface area contributed by atoms with Gasteiger partial charge in [0, 0.05) is 280 Å². The maximum atomic E-state index is 11.0.